The fourth-order valence-electron chi connectivity index (χ4n) is 3.22. The van der Waals surface area contributed by atoms with E-state index in [1.54, 1.807) is 21.5 Å². The molecule has 28 heavy (non-hydrogen) atoms. The van der Waals surface area contributed by atoms with E-state index in [2.05, 4.69) is 31.4 Å². The molecule has 0 atom stereocenters. The highest BCUT2D eigenvalue weighted by molar-refractivity contribution is 5.94. The van der Waals surface area contributed by atoms with Crippen molar-refractivity contribution in [3.05, 3.63) is 72.7 Å². The lowest BCUT2D eigenvalue weighted by molar-refractivity contribution is 0.621. The molecule has 0 fully saturated rings. The molecule has 138 valence electrons. The minimum atomic E-state index is -0.251. The van der Waals surface area contributed by atoms with Crippen molar-refractivity contribution in [3.8, 4) is 22.4 Å². The summed E-state index contributed by atoms with van der Waals surface area (Å²) >= 11 is 0. The van der Waals surface area contributed by atoms with Crippen molar-refractivity contribution in [3.63, 3.8) is 0 Å². The lowest BCUT2D eigenvalue weighted by Crippen LogP contribution is -2.00. The maximum absolute atomic E-state index is 13.1. The summed E-state index contributed by atoms with van der Waals surface area (Å²) in [5.74, 6) is -0.251. The van der Waals surface area contributed by atoms with Gasteiger partial charge >= 0.3 is 0 Å². The third-order valence-electron chi connectivity index (χ3n) is 4.64. The number of benzene rings is 1. The van der Waals surface area contributed by atoms with E-state index in [1.807, 2.05) is 38.0 Å². The molecule has 1 N–H and O–H groups in total. The van der Waals surface area contributed by atoms with E-state index >= 15 is 0 Å². The van der Waals surface area contributed by atoms with Crippen LogP contribution in [0.2, 0.25) is 0 Å². The second-order valence-corrected chi connectivity index (χ2v) is 6.65. The molecule has 4 aromatic heterocycles. The Morgan fingerprint density at radius 2 is 1.93 bits per heavy atom. The van der Waals surface area contributed by atoms with Gasteiger partial charge in [0.25, 0.3) is 0 Å². The van der Waals surface area contributed by atoms with Gasteiger partial charge < -0.3 is 4.98 Å². The van der Waals surface area contributed by atoms with Crippen molar-refractivity contribution in [1.82, 2.24) is 34.7 Å². The molecule has 0 aliphatic heterocycles. The molecule has 0 aliphatic rings. The topological polar surface area (TPSA) is 77.2 Å². The fourth-order valence-corrected chi connectivity index (χ4v) is 3.22. The maximum Gasteiger partial charge on any atom is 0.137 e. The highest BCUT2D eigenvalue weighted by atomic mass is 19.1. The Bertz CT molecular complexity index is 1260. The molecule has 4 heterocycles. The Hall–Kier alpha value is -3.81. The third kappa shape index (κ3) is 2.94. The van der Waals surface area contributed by atoms with Gasteiger partial charge in [0.2, 0.25) is 0 Å². The first-order valence-electron chi connectivity index (χ1n) is 8.77. The smallest absolute Gasteiger partial charge is 0.137 e. The fraction of sp³-hybridized carbons (Fsp3) is 0.100. The number of nitrogens with one attached hydrogen (secondary N) is 1. The average Bonchev–Trinajstić information content (AvgIpc) is 3.42. The van der Waals surface area contributed by atoms with Gasteiger partial charge in [-0.2, -0.15) is 5.10 Å². The number of aromatic nitrogens is 7. The van der Waals surface area contributed by atoms with E-state index in [0.717, 1.165) is 39.0 Å². The SMILES string of the molecule is Cn1cc(-c2cnc3[nH]cc(-c4cn(Cc5ccc(F)cc5)nn4)c3c2)cn1. The van der Waals surface area contributed by atoms with E-state index in [-0.39, 0.29) is 5.82 Å². The van der Waals surface area contributed by atoms with Crippen LogP contribution in [0.4, 0.5) is 4.39 Å². The predicted molar refractivity (Wildman–Crippen MR) is 103 cm³/mol. The third-order valence-corrected chi connectivity index (χ3v) is 4.64. The van der Waals surface area contributed by atoms with Gasteiger partial charge in [0, 0.05) is 47.7 Å². The minimum Gasteiger partial charge on any atom is -0.345 e. The number of halogens is 1. The number of pyridine rings is 1. The molecule has 0 amide bonds. The van der Waals surface area contributed by atoms with Crippen LogP contribution in [0.1, 0.15) is 5.56 Å². The van der Waals surface area contributed by atoms with Crippen molar-refractivity contribution in [2.45, 2.75) is 6.54 Å². The van der Waals surface area contributed by atoms with Gasteiger partial charge in [-0.05, 0) is 23.8 Å². The van der Waals surface area contributed by atoms with Gasteiger partial charge in [-0.15, -0.1) is 5.10 Å². The average molecular weight is 373 g/mol. The summed E-state index contributed by atoms with van der Waals surface area (Å²) < 4.78 is 16.6. The van der Waals surface area contributed by atoms with E-state index < -0.39 is 0 Å². The number of fused-ring (bicyclic) bond motifs is 1. The van der Waals surface area contributed by atoms with E-state index in [4.69, 9.17) is 0 Å². The number of aryl methyl sites for hydroxylation is 1. The number of aromatic amines is 1. The molecule has 0 radical (unpaired) electrons. The van der Waals surface area contributed by atoms with E-state index in [0.29, 0.717) is 6.54 Å². The monoisotopic (exact) mass is 373 g/mol. The molecular weight excluding hydrogens is 357 g/mol. The Kier molecular flexibility index (Phi) is 3.75. The highest BCUT2D eigenvalue weighted by Crippen LogP contribution is 2.29. The van der Waals surface area contributed by atoms with Crippen LogP contribution in [0.25, 0.3) is 33.4 Å². The van der Waals surface area contributed by atoms with Gasteiger partial charge in [0.1, 0.15) is 17.2 Å². The van der Waals surface area contributed by atoms with Crippen LogP contribution in [0.3, 0.4) is 0 Å². The molecule has 0 spiro atoms. The lowest BCUT2D eigenvalue weighted by Gasteiger charge is -2.00. The Morgan fingerprint density at radius 3 is 2.71 bits per heavy atom. The first-order valence-corrected chi connectivity index (χ1v) is 8.77. The zero-order valence-electron chi connectivity index (χ0n) is 15.0. The van der Waals surface area contributed by atoms with E-state index in [9.17, 15) is 4.39 Å². The zero-order chi connectivity index (χ0) is 19.1. The summed E-state index contributed by atoms with van der Waals surface area (Å²) in [5.41, 5.74) is 5.41. The first kappa shape index (κ1) is 16.4. The van der Waals surface area contributed by atoms with Crippen LogP contribution in [-0.4, -0.2) is 34.7 Å². The summed E-state index contributed by atoms with van der Waals surface area (Å²) in [5, 5.41) is 13.7. The molecule has 0 saturated heterocycles. The van der Waals surface area contributed by atoms with Crippen LogP contribution in [0.5, 0.6) is 0 Å². The zero-order valence-corrected chi connectivity index (χ0v) is 15.0. The predicted octanol–water partition coefficient (Wildman–Crippen LogP) is 3.41. The van der Waals surface area contributed by atoms with Crippen molar-refractivity contribution in [2.24, 2.45) is 7.05 Å². The van der Waals surface area contributed by atoms with Crippen molar-refractivity contribution in [1.29, 1.82) is 0 Å². The number of nitrogens with zero attached hydrogens (tertiary/aromatic N) is 6. The second-order valence-electron chi connectivity index (χ2n) is 6.65. The normalized spacial score (nSPS) is 11.4. The summed E-state index contributed by atoms with van der Waals surface area (Å²) in [7, 11) is 1.89. The van der Waals surface area contributed by atoms with Crippen LogP contribution < -0.4 is 0 Å². The summed E-state index contributed by atoms with van der Waals surface area (Å²) in [6, 6.07) is 8.44. The molecule has 5 aromatic rings. The van der Waals surface area contributed by atoms with Crippen LogP contribution >= 0.6 is 0 Å². The van der Waals surface area contributed by atoms with Gasteiger partial charge in [0.15, 0.2) is 0 Å². The number of H-pyrrole nitrogens is 1. The largest absolute Gasteiger partial charge is 0.345 e. The Balaban J connectivity index is 1.49. The van der Waals surface area contributed by atoms with Crippen molar-refractivity contribution < 1.29 is 4.39 Å². The molecule has 8 heteroatoms. The standard InChI is InChI=1S/C20H16FN7/c1-27-11-15(8-24-27)14-6-17-18(9-23-20(17)22-7-14)19-12-28(26-25-19)10-13-2-4-16(21)5-3-13/h2-9,11-12H,10H2,1H3,(H,22,23). The Labute approximate surface area is 159 Å². The van der Waals surface area contributed by atoms with Gasteiger partial charge in [0.05, 0.1) is 18.9 Å². The van der Waals surface area contributed by atoms with Gasteiger partial charge in [-0.1, -0.05) is 17.3 Å². The number of hydrogen-bond acceptors (Lipinski definition) is 4. The molecule has 5 rings (SSSR count). The van der Waals surface area contributed by atoms with E-state index in [1.165, 1.54) is 12.1 Å². The molecule has 7 nitrogen and oxygen atoms in total. The van der Waals surface area contributed by atoms with Gasteiger partial charge in [-0.25, -0.2) is 14.1 Å². The van der Waals surface area contributed by atoms with Crippen LogP contribution in [0, 0.1) is 5.82 Å². The molecule has 1 aromatic carbocycles. The molecule has 0 bridgehead atoms. The summed E-state index contributed by atoms with van der Waals surface area (Å²) in [4.78, 5) is 7.70. The van der Waals surface area contributed by atoms with Crippen molar-refractivity contribution >= 4 is 11.0 Å². The quantitative estimate of drug-likeness (QED) is 0.524. The highest BCUT2D eigenvalue weighted by Gasteiger charge is 2.13. The molecule has 0 saturated carbocycles. The second kappa shape index (κ2) is 6.41. The van der Waals surface area contributed by atoms with Gasteiger partial charge in [-0.3, -0.25) is 4.68 Å². The van der Waals surface area contributed by atoms with Crippen LogP contribution in [-0.2, 0) is 13.6 Å². The molecule has 0 unspecified atom stereocenters. The molecular formula is C20H16FN7. The summed E-state index contributed by atoms with van der Waals surface area (Å²) in [6.45, 7) is 0.523. The Morgan fingerprint density at radius 1 is 1.07 bits per heavy atom. The minimum absolute atomic E-state index is 0.251. The summed E-state index contributed by atoms with van der Waals surface area (Å²) in [6.07, 6.45) is 9.35. The maximum atomic E-state index is 13.1. The number of rotatable bonds is 4. The van der Waals surface area contributed by atoms with Crippen molar-refractivity contribution in [2.75, 3.05) is 0 Å². The number of hydrogen-bond donors (Lipinski definition) is 1. The van der Waals surface area contributed by atoms with Crippen LogP contribution in [0.15, 0.2) is 61.3 Å². The first-order chi connectivity index (χ1) is 13.7. The molecule has 0 aliphatic carbocycles. The lowest BCUT2D eigenvalue weighted by atomic mass is 10.1.